The van der Waals surface area contributed by atoms with Crippen LogP contribution < -0.4 is 10.6 Å². The van der Waals surface area contributed by atoms with E-state index in [1.165, 1.54) is 6.92 Å². The number of nitrogens with one attached hydrogen (secondary N) is 2. The van der Waals surface area contributed by atoms with Crippen LogP contribution in [0.25, 0.3) is 0 Å². The number of carboxylic acids is 1. The molecule has 0 bridgehead atoms. The van der Waals surface area contributed by atoms with E-state index in [4.69, 9.17) is 5.11 Å². The van der Waals surface area contributed by atoms with E-state index in [0.717, 1.165) is 6.92 Å². The van der Waals surface area contributed by atoms with Crippen LogP contribution >= 0.6 is 0 Å². The molecule has 0 rings (SSSR count). The van der Waals surface area contributed by atoms with Gasteiger partial charge in [0.2, 0.25) is 18.1 Å². The minimum absolute atomic E-state index is 0.209. The summed E-state index contributed by atoms with van der Waals surface area (Å²) in [6.45, 7) is 2.33. The van der Waals surface area contributed by atoms with Crippen LogP contribution in [0.15, 0.2) is 0 Å². The molecule has 5 atom stereocenters. The zero-order valence-electron chi connectivity index (χ0n) is 12.1. The van der Waals surface area contributed by atoms with Crippen molar-refractivity contribution in [2.75, 3.05) is 0 Å². The molecule has 0 saturated heterocycles. The van der Waals surface area contributed by atoms with Gasteiger partial charge in [0, 0.05) is 13.3 Å². The summed E-state index contributed by atoms with van der Waals surface area (Å²) in [6.07, 6.45) is -5.27. The molecule has 5 unspecified atom stereocenters. The average Bonchev–Trinajstić information content (AvgIpc) is 2.40. The highest BCUT2D eigenvalue weighted by atomic mass is 16.4. The van der Waals surface area contributed by atoms with Crippen molar-refractivity contribution in [3.63, 3.8) is 0 Å². The summed E-state index contributed by atoms with van der Waals surface area (Å²) in [4.78, 5) is 43.2. The third kappa shape index (κ3) is 6.16. The fraction of sp³-hybridized carbons (Fsp3) is 0.667. The highest BCUT2D eigenvalue weighted by molar-refractivity contribution is 6.32. The Labute approximate surface area is 126 Å². The highest BCUT2D eigenvalue weighted by Crippen LogP contribution is 2.11. The molecule has 0 aromatic carbocycles. The maximum Gasteiger partial charge on any atom is 0.372 e. The molecule has 0 spiro atoms. The van der Waals surface area contributed by atoms with Gasteiger partial charge in [-0.1, -0.05) is 0 Å². The standard InChI is InChI=1S/C12H20N2O8/c1-5(16)9(13-4-15)11(20)10(14-6(2)17)7(18)3-8(19)12(21)22/h4-5,7,9-11,16,18,20H,3H2,1-2H3,(H,13,15)(H,14,17)(H,21,22). The van der Waals surface area contributed by atoms with Gasteiger partial charge >= 0.3 is 5.97 Å². The van der Waals surface area contributed by atoms with E-state index in [-0.39, 0.29) is 6.41 Å². The molecule has 126 valence electrons. The summed E-state index contributed by atoms with van der Waals surface area (Å²) in [5, 5.41) is 42.3. The smallest absolute Gasteiger partial charge is 0.372 e. The first-order chi connectivity index (χ1) is 10.1. The molecular formula is C12H20N2O8. The summed E-state index contributed by atoms with van der Waals surface area (Å²) in [7, 11) is 0. The molecule has 0 radical (unpaired) electrons. The van der Waals surface area contributed by atoms with Crippen LogP contribution in [0.3, 0.4) is 0 Å². The molecule has 2 amide bonds. The quantitative estimate of drug-likeness (QED) is 0.180. The molecule has 0 aliphatic carbocycles. The second-order valence-electron chi connectivity index (χ2n) is 4.77. The van der Waals surface area contributed by atoms with Crippen LogP contribution in [-0.2, 0) is 19.2 Å². The Morgan fingerprint density at radius 1 is 1.14 bits per heavy atom. The molecular weight excluding hydrogens is 300 g/mol. The van der Waals surface area contributed by atoms with Crippen LogP contribution in [-0.4, -0.2) is 74.9 Å². The van der Waals surface area contributed by atoms with Crippen molar-refractivity contribution in [1.29, 1.82) is 0 Å². The minimum Gasteiger partial charge on any atom is -0.475 e. The lowest BCUT2D eigenvalue weighted by molar-refractivity contribution is -0.150. The first-order valence-corrected chi connectivity index (χ1v) is 6.38. The number of carbonyl (C=O) groups is 4. The molecule has 0 heterocycles. The Morgan fingerprint density at radius 3 is 2.05 bits per heavy atom. The van der Waals surface area contributed by atoms with Gasteiger partial charge in [0.05, 0.1) is 30.4 Å². The Morgan fingerprint density at radius 2 is 1.68 bits per heavy atom. The molecule has 10 nitrogen and oxygen atoms in total. The monoisotopic (exact) mass is 320 g/mol. The van der Waals surface area contributed by atoms with Crippen molar-refractivity contribution < 1.29 is 39.6 Å². The molecule has 0 aliphatic rings. The van der Waals surface area contributed by atoms with Gasteiger partial charge in [0.25, 0.3) is 0 Å². The van der Waals surface area contributed by atoms with Gasteiger partial charge in [-0.25, -0.2) is 4.79 Å². The van der Waals surface area contributed by atoms with Crippen molar-refractivity contribution in [2.45, 2.75) is 50.7 Å². The summed E-state index contributed by atoms with van der Waals surface area (Å²) in [5.41, 5.74) is 0. The lowest BCUT2D eigenvalue weighted by atomic mass is 9.92. The zero-order chi connectivity index (χ0) is 17.4. The number of rotatable bonds is 10. The Bertz CT molecular complexity index is 425. The minimum atomic E-state index is -1.77. The molecule has 10 heteroatoms. The number of hydrogen-bond acceptors (Lipinski definition) is 7. The fourth-order valence-electron chi connectivity index (χ4n) is 1.87. The van der Waals surface area contributed by atoms with Crippen LogP contribution in [0.2, 0.25) is 0 Å². The second-order valence-corrected chi connectivity index (χ2v) is 4.77. The van der Waals surface area contributed by atoms with Crippen LogP contribution in [0.4, 0.5) is 0 Å². The van der Waals surface area contributed by atoms with E-state index in [0.29, 0.717) is 0 Å². The number of carboxylic acid groups (broad SMARTS) is 1. The SMILES string of the molecule is CC(=O)NC(C(O)CC(=O)C(=O)O)C(O)C(NC=O)C(C)O. The Hall–Kier alpha value is -2.04. The molecule has 6 N–H and O–H groups in total. The maximum absolute atomic E-state index is 11.1. The summed E-state index contributed by atoms with van der Waals surface area (Å²) < 4.78 is 0. The van der Waals surface area contributed by atoms with Gasteiger partial charge < -0.3 is 31.1 Å². The number of Topliss-reactive ketones (excluding diaryl/α,β-unsaturated/α-hetero) is 1. The van der Waals surface area contributed by atoms with Crippen molar-refractivity contribution >= 4 is 24.1 Å². The number of hydrogen-bond donors (Lipinski definition) is 6. The highest BCUT2D eigenvalue weighted by Gasteiger charge is 2.37. The van der Waals surface area contributed by atoms with E-state index < -0.39 is 54.5 Å². The van der Waals surface area contributed by atoms with Gasteiger partial charge in [-0.05, 0) is 6.92 Å². The van der Waals surface area contributed by atoms with Crippen LogP contribution in [0.1, 0.15) is 20.3 Å². The van der Waals surface area contributed by atoms with E-state index in [2.05, 4.69) is 10.6 Å². The average molecular weight is 320 g/mol. The van der Waals surface area contributed by atoms with E-state index in [9.17, 15) is 34.5 Å². The number of amides is 2. The van der Waals surface area contributed by atoms with Gasteiger partial charge in [-0.15, -0.1) is 0 Å². The third-order valence-electron chi connectivity index (χ3n) is 2.93. The number of carbonyl (C=O) groups excluding carboxylic acids is 3. The number of ketones is 1. The van der Waals surface area contributed by atoms with Crippen LogP contribution in [0, 0.1) is 0 Å². The maximum atomic E-state index is 11.1. The van der Waals surface area contributed by atoms with E-state index >= 15 is 0 Å². The molecule has 0 aliphatic heterocycles. The first-order valence-electron chi connectivity index (χ1n) is 6.38. The third-order valence-corrected chi connectivity index (χ3v) is 2.93. The Balaban J connectivity index is 5.23. The topological polar surface area (TPSA) is 173 Å². The molecule has 0 aromatic rings. The molecule has 0 saturated carbocycles. The van der Waals surface area contributed by atoms with Crippen molar-refractivity contribution in [2.24, 2.45) is 0 Å². The number of aliphatic hydroxyl groups excluding tert-OH is 3. The molecule has 0 aromatic heterocycles. The first kappa shape index (κ1) is 20.0. The predicted octanol–water partition coefficient (Wildman–Crippen LogP) is -3.25. The Kier molecular flexibility index (Phi) is 8.23. The van der Waals surface area contributed by atoms with Gasteiger partial charge in [-0.2, -0.15) is 0 Å². The lowest BCUT2D eigenvalue weighted by Gasteiger charge is -2.33. The number of aliphatic hydroxyl groups is 3. The van der Waals surface area contributed by atoms with E-state index in [1.54, 1.807) is 0 Å². The van der Waals surface area contributed by atoms with Gasteiger partial charge in [-0.3, -0.25) is 14.4 Å². The molecule has 22 heavy (non-hydrogen) atoms. The normalized spacial score (nSPS) is 17.5. The van der Waals surface area contributed by atoms with Crippen LogP contribution in [0.5, 0.6) is 0 Å². The fourth-order valence-corrected chi connectivity index (χ4v) is 1.87. The van der Waals surface area contributed by atoms with Gasteiger partial charge in [0.1, 0.15) is 0 Å². The number of aliphatic carboxylic acids is 1. The zero-order valence-corrected chi connectivity index (χ0v) is 12.1. The second kappa shape index (κ2) is 9.07. The van der Waals surface area contributed by atoms with Crippen molar-refractivity contribution in [1.82, 2.24) is 10.6 Å². The summed E-state index contributed by atoms with van der Waals surface area (Å²) in [5.74, 6) is -3.75. The predicted molar refractivity (Wildman–Crippen MR) is 71.5 cm³/mol. The largest absolute Gasteiger partial charge is 0.475 e. The van der Waals surface area contributed by atoms with E-state index in [1.807, 2.05) is 0 Å². The molecule has 0 fully saturated rings. The summed E-state index contributed by atoms with van der Waals surface area (Å²) in [6, 6.07) is -2.71. The van der Waals surface area contributed by atoms with Gasteiger partial charge in [0.15, 0.2) is 0 Å². The van der Waals surface area contributed by atoms with Crippen molar-refractivity contribution in [3.05, 3.63) is 0 Å². The van der Waals surface area contributed by atoms with Crippen molar-refractivity contribution in [3.8, 4) is 0 Å². The summed E-state index contributed by atoms with van der Waals surface area (Å²) >= 11 is 0. The lowest BCUT2D eigenvalue weighted by Crippen LogP contribution is -2.60.